The van der Waals surface area contributed by atoms with Gasteiger partial charge in [0.25, 0.3) is 5.91 Å². The number of anilines is 1. The Morgan fingerprint density at radius 1 is 1.14 bits per heavy atom. The summed E-state index contributed by atoms with van der Waals surface area (Å²) in [4.78, 5) is 19.9. The second kappa shape index (κ2) is 5.75. The van der Waals surface area contributed by atoms with Gasteiger partial charge >= 0.3 is 0 Å². The molecular formula is C13H9Cl2N3O3. The van der Waals surface area contributed by atoms with Crippen LogP contribution in [0.4, 0.5) is 5.69 Å². The molecule has 1 aliphatic heterocycles. The SMILES string of the molecule is O=C(Nc1c(Cl)ncnc1Cl)c1cccc2c1OCCO2. The van der Waals surface area contributed by atoms with Crippen molar-refractivity contribution in [3.8, 4) is 11.5 Å². The Kier molecular flexibility index (Phi) is 3.81. The topological polar surface area (TPSA) is 73.3 Å². The lowest BCUT2D eigenvalue weighted by molar-refractivity contribution is 0.101. The molecule has 0 saturated heterocycles. The number of hydrogen-bond acceptors (Lipinski definition) is 5. The fourth-order valence-corrected chi connectivity index (χ4v) is 2.29. The van der Waals surface area contributed by atoms with E-state index in [0.29, 0.717) is 30.3 Å². The highest BCUT2D eigenvalue weighted by Gasteiger charge is 2.22. The highest BCUT2D eigenvalue weighted by Crippen LogP contribution is 2.34. The number of amides is 1. The van der Waals surface area contributed by atoms with Crippen molar-refractivity contribution in [1.82, 2.24) is 9.97 Å². The smallest absolute Gasteiger partial charge is 0.259 e. The number of nitrogens with zero attached hydrogens (tertiary/aromatic N) is 2. The van der Waals surface area contributed by atoms with Crippen molar-refractivity contribution in [2.24, 2.45) is 0 Å². The van der Waals surface area contributed by atoms with Gasteiger partial charge in [-0.2, -0.15) is 0 Å². The largest absolute Gasteiger partial charge is 0.486 e. The Hall–Kier alpha value is -2.05. The molecule has 21 heavy (non-hydrogen) atoms. The van der Waals surface area contributed by atoms with Crippen LogP contribution in [0.25, 0.3) is 0 Å². The van der Waals surface area contributed by atoms with Crippen molar-refractivity contribution in [3.05, 3.63) is 40.4 Å². The van der Waals surface area contributed by atoms with Crippen LogP contribution in [0.1, 0.15) is 10.4 Å². The molecule has 1 N–H and O–H groups in total. The van der Waals surface area contributed by atoms with Crippen LogP contribution in [0.3, 0.4) is 0 Å². The van der Waals surface area contributed by atoms with Gasteiger partial charge in [-0.05, 0) is 12.1 Å². The highest BCUT2D eigenvalue weighted by atomic mass is 35.5. The summed E-state index contributed by atoms with van der Waals surface area (Å²) in [5.41, 5.74) is 0.475. The van der Waals surface area contributed by atoms with Crippen LogP contribution in [-0.2, 0) is 0 Å². The van der Waals surface area contributed by atoms with Gasteiger partial charge in [-0.1, -0.05) is 29.3 Å². The normalized spacial score (nSPS) is 12.9. The van der Waals surface area contributed by atoms with Crippen LogP contribution in [-0.4, -0.2) is 29.1 Å². The Morgan fingerprint density at radius 3 is 2.62 bits per heavy atom. The molecule has 1 aliphatic rings. The molecule has 0 radical (unpaired) electrons. The number of halogens is 2. The van der Waals surface area contributed by atoms with E-state index in [1.54, 1.807) is 18.2 Å². The van der Waals surface area contributed by atoms with Crippen LogP contribution < -0.4 is 14.8 Å². The fourth-order valence-electron chi connectivity index (χ4n) is 1.88. The third-order valence-electron chi connectivity index (χ3n) is 2.80. The number of para-hydroxylation sites is 1. The van der Waals surface area contributed by atoms with Crippen LogP contribution >= 0.6 is 23.2 Å². The number of ether oxygens (including phenoxy) is 2. The average molecular weight is 326 g/mol. The first kappa shape index (κ1) is 13.9. The van der Waals surface area contributed by atoms with E-state index in [2.05, 4.69) is 15.3 Å². The number of carbonyl (C=O) groups is 1. The van der Waals surface area contributed by atoms with E-state index in [4.69, 9.17) is 32.7 Å². The van der Waals surface area contributed by atoms with Crippen LogP contribution in [0, 0.1) is 0 Å². The second-order valence-electron chi connectivity index (χ2n) is 4.11. The van der Waals surface area contributed by atoms with Crippen molar-refractivity contribution < 1.29 is 14.3 Å². The summed E-state index contributed by atoms with van der Waals surface area (Å²) in [5, 5.41) is 2.70. The van der Waals surface area contributed by atoms with E-state index in [0.717, 1.165) is 0 Å². The van der Waals surface area contributed by atoms with E-state index >= 15 is 0 Å². The van der Waals surface area contributed by atoms with E-state index in [1.807, 2.05) is 0 Å². The van der Waals surface area contributed by atoms with Gasteiger partial charge in [0.05, 0.1) is 5.56 Å². The highest BCUT2D eigenvalue weighted by molar-refractivity contribution is 6.38. The summed E-state index contributed by atoms with van der Waals surface area (Å²) in [6, 6.07) is 5.05. The third-order valence-corrected chi connectivity index (χ3v) is 3.38. The summed E-state index contributed by atoms with van der Waals surface area (Å²) in [7, 11) is 0. The minimum Gasteiger partial charge on any atom is -0.486 e. The Bertz CT molecular complexity index is 689. The maximum Gasteiger partial charge on any atom is 0.259 e. The molecule has 0 aliphatic carbocycles. The Labute approximate surface area is 130 Å². The zero-order chi connectivity index (χ0) is 14.8. The average Bonchev–Trinajstić information content (AvgIpc) is 2.50. The number of nitrogens with one attached hydrogen (secondary N) is 1. The van der Waals surface area contributed by atoms with E-state index in [9.17, 15) is 4.79 Å². The maximum atomic E-state index is 12.4. The van der Waals surface area contributed by atoms with Crippen molar-refractivity contribution in [2.75, 3.05) is 18.5 Å². The molecule has 0 spiro atoms. The number of hydrogen-bond donors (Lipinski definition) is 1. The number of rotatable bonds is 2. The van der Waals surface area contributed by atoms with Crippen LogP contribution in [0.5, 0.6) is 11.5 Å². The second-order valence-corrected chi connectivity index (χ2v) is 4.83. The zero-order valence-electron chi connectivity index (χ0n) is 10.6. The van der Waals surface area contributed by atoms with Crippen LogP contribution in [0.2, 0.25) is 10.3 Å². The molecule has 0 bridgehead atoms. The molecule has 3 rings (SSSR count). The lowest BCUT2D eigenvalue weighted by Gasteiger charge is -2.20. The number of aromatic nitrogens is 2. The van der Waals surface area contributed by atoms with Crippen LogP contribution in [0.15, 0.2) is 24.5 Å². The summed E-state index contributed by atoms with van der Waals surface area (Å²) >= 11 is 11.8. The van der Waals surface area contributed by atoms with Gasteiger partial charge in [0, 0.05) is 0 Å². The van der Waals surface area contributed by atoms with Gasteiger partial charge in [0.1, 0.15) is 25.2 Å². The predicted octanol–water partition coefficient (Wildman–Crippen LogP) is 2.81. The summed E-state index contributed by atoms with van der Waals surface area (Å²) in [5.74, 6) is 0.483. The van der Waals surface area contributed by atoms with Gasteiger partial charge in [0.15, 0.2) is 21.8 Å². The summed E-state index contributed by atoms with van der Waals surface area (Å²) < 4.78 is 10.9. The molecule has 1 amide bonds. The molecule has 108 valence electrons. The maximum absolute atomic E-state index is 12.4. The molecule has 0 saturated carbocycles. The quantitative estimate of drug-likeness (QED) is 0.859. The Morgan fingerprint density at radius 2 is 1.86 bits per heavy atom. The minimum atomic E-state index is -0.434. The summed E-state index contributed by atoms with van der Waals surface area (Å²) in [6.45, 7) is 0.829. The van der Waals surface area contributed by atoms with Gasteiger partial charge < -0.3 is 14.8 Å². The summed E-state index contributed by atoms with van der Waals surface area (Å²) in [6.07, 6.45) is 1.21. The molecule has 6 nitrogen and oxygen atoms in total. The van der Waals surface area contributed by atoms with Crippen molar-refractivity contribution in [3.63, 3.8) is 0 Å². The molecule has 1 aromatic carbocycles. The third kappa shape index (κ3) is 2.72. The van der Waals surface area contributed by atoms with Gasteiger partial charge in [0.2, 0.25) is 0 Å². The molecule has 0 unspecified atom stereocenters. The fraction of sp³-hybridized carbons (Fsp3) is 0.154. The van der Waals surface area contributed by atoms with Gasteiger partial charge in [-0.15, -0.1) is 0 Å². The standard InChI is InChI=1S/C13H9Cl2N3O3/c14-11-9(12(15)17-6-16-11)18-13(19)7-2-1-3-8-10(7)21-5-4-20-8/h1-3,6H,4-5H2,(H,18,19). The molecule has 2 aromatic rings. The van der Waals surface area contributed by atoms with E-state index < -0.39 is 5.91 Å². The predicted molar refractivity (Wildman–Crippen MR) is 77.4 cm³/mol. The van der Waals surface area contributed by atoms with Crippen molar-refractivity contribution >= 4 is 34.8 Å². The van der Waals surface area contributed by atoms with Crippen molar-refractivity contribution in [1.29, 1.82) is 0 Å². The molecule has 0 atom stereocenters. The molecule has 0 fully saturated rings. The first-order valence-corrected chi connectivity index (χ1v) is 6.78. The van der Waals surface area contributed by atoms with Gasteiger partial charge in [-0.3, -0.25) is 4.79 Å². The van der Waals surface area contributed by atoms with Gasteiger partial charge in [-0.25, -0.2) is 9.97 Å². The van der Waals surface area contributed by atoms with E-state index in [-0.39, 0.29) is 16.0 Å². The molecule has 1 aromatic heterocycles. The van der Waals surface area contributed by atoms with E-state index in [1.165, 1.54) is 6.33 Å². The first-order chi connectivity index (χ1) is 10.2. The lowest BCUT2D eigenvalue weighted by atomic mass is 10.1. The molecule has 8 heteroatoms. The number of benzene rings is 1. The number of carbonyl (C=O) groups excluding carboxylic acids is 1. The minimum absolute atomic E-state index is 0.0605. The first-order valence-electron chi connectivity index (χ1n) is 6.03. The Balaban J connectivity index is 1.93. The molecular weight excluding hydrogens is 317 g/mol. The molecule has 2 heterocycles. The monoisotopic (exact) mass is 325 g/mol. The number of fused-ring (bicyclic) bond motifs is 1. The zero-order valence-corrected chi connectivity index (χ0v) is 12.1. The van der Waals surface area contributed by atoms with Crippen molar-refractivity contribution in [2.45, 2.75) is 0 Å². The lowest BCUT2D eigenvalue weighted by Crippen LogP contribution is -2.20.